The van der Waals surface area contributed by atoms with Gasteiger partial charge in [-0.15, -0.1) is 0 Å². The van der Waals surface area contributed by atoms with Gasteiger partial charge in [0.15, 0.2) is 0 Å². The summed E-state index contributed by atoms with van der Waals surface area (Å²) in [5.41, 5.74) is 1.75. The van der Waals surface area contributed by atoms with Gasteiger partial charge < -0.3 is 0 Å². The number of rotatable bonds is 2. The lowest BCUT2D eigenvalue weighted by atomic mass is 10.2. The van der Waals surface area contributed by atoms with E-state index in [0.29, 0.717) is 0 Å². The first-order valence-electron chi connectivity index (χ1n) is 3.97. The maximum Gasteiger partial charge on any atom is 0.356 e. The van der Waals surface area contributed by atoms with Crippen molar-refractivity contribution >= 4 is 22.9 Å². The Morgan fingerprint density at radius 3 is 2.67 bits per heavy atom. The molecule has 1 aromatic heterocycles. The molecule has 0 aliphatic heterocycles. The standard InChI is InChI=1S/C8H11IN2O/c1-3-6-5-7(4-2)11(9)8(12)10-6/h5H,3-4H2,1-2H3. The van der Waals surface area contributed by atoms with Crippen LogP contribution in [0, 0.1) is 0 Å². The minimum absolute atomic E-state index is 0.160. The Kier molecular flexibility index (Phi) is 3.25. The zero-order chi connectivity index (χ0) is 9.14. The molecule has 1 heterocycles. The number of halogens is 1. The van der Waals surface area contributed by atoms with Crippen LogP contribution in [0.5, 0.6) is 0 Å². The Morgan fingerprint density at radius 1 is 1.50 bits per heavy atom. The third-order valence-corrected chi connectivity index (χ3v) is 2.75. The molecule has 12 heavy (non-hydrogen) atoms. The highest BCUT2D eigenvalue weighted by molar-refractivity contribution is 14.1. The van der Waals surface area contributed by atoms with E-state index in [0.717, 1.165) is 24.2 Å². The lowest BCUT2D eigenvalue weighted by molar-refractivity contribution is 0.885. The Morgan fingerprint density at radius 2 is 2.17 bits per heavy atom. The molecule has 66 valence electrons. The Balaban J connectivity index is 3.29. The van der Waals surface area contributed by atoms with Crippen molar-refractivity contribution in [2.24, 2.45) is 0 Å². The van der Waals surface area contributed by atoms with E-state index in [1.54, 1.807) is 2.78 Å². The molecule has 0 aliphatic rings. The van der Waals surface area contributed by atoms with Crippen LogP contribution in [0.3, 0.4) is 0 Å². The Bertz CT molecular complexity index is 332. The van der Waals surface area contributed by atoms with Crippen molar-refractivity contribution in [1.82, 2.24) is 7.76 Å². The zero-order valence-electron chi connectivity index (χ0n) is 7.17. The number of hydrogen-bond donors (Lipinski definition) is 0. The molecule has 0 bridgehead atoms. The number of nitrogens with zero attached hydrogens (tertiary/aromatic N) is 2. The lowest BCUT2D eigenvalue weighted by Gasteiger charge is -2.03. The molecule has 0 unspecified atom stereocenters. The molecule has 0 radical (unpaired) electrons. The summed E-state index contributed by atoms with van der Waals surface area (Å²) < 4.78 is 1.57. The molecule has 0 saturated carbocycles. The fourth-order valence-electron chi connectivity index (χ4n) is 0.993. The lowest BCUT2D eigenvalue weighted by Crippen LogP contribution is -2.20. The average Bonchev–Trinajstić information content (AvgIpc) is 2.09. The van der Waals surface area contributed by atoms with Crippen LogP contribution in [0.15, 0.2) is 10.9 Å². The molecule has 0 fully saturated rings. The smallest absolute Gasteiger partial charge is 0.245 e. The van der Waals surface area contributed by atoms with E-state index >= 15 is 0 Å². The highest BCUT2D eigenvalue weighted by atomic mass is 127. The quantitative estimate of drug-likeness (QED) is 0.770. The van der Waals surface area contributed by atoms with Gasteiger partial charge in [0.1, 0.15) is 0 Å². The summed E-state index contributed by atoms with van der Waals surface area (Å²) in [7, 11) is 0. The third-order valence-electron chi connectivity index (χ3n) is 1.72. The van der Waals surface area contributed by atoms with Gasteiger partial charge in [0.05, 0.1) is 22.9 Å². The van der Waals surface area contributed by atoms with Gasteiger partial charge in [-0.05, 0) is 18.9 Å². The molecule has 1 aromatic rings. The normalized spacial score (nSPS) is 10.2. The van der Waals surface area contributed by atoms with Crippen LogP contribution in [0.2, 0.25) is 0 Å². The number of aryl methyl sites for hydroxylation is 2. The van der Waals surface area contributed by atoms with Gasteiger partial charge in [-0.25, -0.2) is 7.58 Å². The first-order valence-corrected chi connectivity index (χ1v) is 4.93. The van der Waals surface area contributed by atoms with Gasteiger partial charge in [-0.1, -0.05) is 13.8 Å². The summed E-state index contributed by atoms with van der Waals surface area (Å²) in [4.78, 5) is 15.1. The minimum atomic E-state index is -0.160. The van der Waals surface area contributed by atoms with Crippen LogP contribution < -0.4 is 5.69 Å². The van der Waals surface area contributed by atoms with Crippen LogP contribution in [-0.4, -0.2) is 7.76 Å². The van der Waals surface area contributed by atoms with Gasteiger partial charge in [0.25, 0.3) is 0 Å². The van der Waals surface area contributed by atoms with Gasteiger partial charge in [0.2, 0.25) is 0 Å². The first kappa shape index (κ1) is 9.70. The molecule has 0 atom stereocenters. The molecule has 1 rings (SSSR count). The molecular weight excluding hydrogens is 267 g/mol. The number of aromatic nitrogens is 2. The SMILES string of the molecule is CCc1cc(CC)n(I)c(=O)n1. The summed E-state index contributed by atoms with van der Waals surface area (Å²) >= 11 is 1.98. The van der Waals surface area contributed by atoms with Crippen molar-refractivity contribution in [1.29, 1.82) is 0 Å². The minimum Gasteiger partial charge on any atom is -0.245 e. The fourth-order valence-corrected chi connectivity index (χ4v) is 1.58. The Hall–Kier alpha value is -0.390. The van der Waals surface area contributed by atoms with Crippen LogP contribution in [0.25, 0.3) is 0 Å². The van der Waals surface area contributed by atoms with Crippen LogP contribution >= 0.6 is 22.9 Å². The summed E-state index contributed by atoms with van der Waals surface area (Å²) in [5.74, 6) is 0. The predicted molar refractivity (Wildman–Crippen MR) is 56.7 cm³/mol. The van der Waals surface area contributed by atoms with Crippen molar-refractivity contribution < 1.29 is 0 Å². The van der Waals surface area contributed by atoms with E-state index in [-0.39, 0.29) is 5.69 Å². The molecular formula is C8H11IN2O. The van der Waals surface area contributed by atoms with Crippen molar-refractivity contribution in [3.05, 3.63) is 27.9 Å². The highest BCUT2D eigenvalue weighted by Gasteiger charge is 2.02. The van der Waals surface area contributed by atoms with Crippen molar-refractivity contribution in [2.75, 3.05) is 0 Å². The molecule has 3 nitrogen and oxygen atoms in total. The number of hydrogen-bond acceptors (Lipinski definition) is 2. The first-order chi connectivity index (χ1) is 5.69. The summed E-state index contributed by atoms with van der Waals surface area (Å²) in [6.45, 7) is 4.03. The van der Waals surface area contributed by atoms with Crippen molar-refractivity contribution in [3.8, 4) is 0 Å². The van der Waals surface area contributed by atoms with Gasteiger partial charge >= 0.3 is 5.69 Å². The average molecular weight is 278 g/mol. The van der Waals surface area contributed by atoms with E-state index in [2.05, 4.69) is 4.98 Å². The summed E-state index contributed by atoms with van der Waals surface area (Å²) in [6.07, 6.45) is 1.69. The fraction of sp³-hybridized carbons (Fsp3) is 0.500. The summed E-state index contributed by atoms with van der Waals surface area (Å²) in [5, 5.41) is 0. The molecule has 0 spiro atoms. The molecule has 0 N–H and O–H groups in total. The zero-order valence-corrected chi connectivity index (χ0v) is 9.33. The third kappa shape index (κ3) is 1.85. The second kappa shape index (κ2) is 4.02. The van der Waals surface area contributed by atoms with Gasteiger partial charge in [0, 0.05) is 11.4 Å². The van der Waals surface area contributed by atoms with E-state index in [4.69, 9.17) is 0 Å². The monoisotopic (exact) mass is 278 g/mol. The maximum absolute atomic E-state index is 11.2. The van der Waals surface area contributed by atoms with Crippen LogP contribution in [-0.2, 0) is 12.8 Å². The van der Waals surface area contributed by atoms with E-state index in [1.807, 2.05) is 42.8 Å². The van der Waals surface area contributed by atoms with Gasteiger partial charge in [-0.2, -0.15) is 4.98 Å². The summed E-state index contributed by atoms with van der Waals surface area (Å²) in [6, 6.07) is 1.98. The highest BCUT2D eigenvalue weighted by Crippen LogP contribution is 2.03. The van der Waals surface area contributed by atoms with Crippen LogP contribution in [0.4, 0.5) is 0 Å². The molecule has 0 aliphatic carbocycles. The van der Waals surface area contributed by atoms with E-state index < -0.39 is 0 Å². The van der Waals surface area contributed by atoms with Crippen LogP contribution in [0.1, 0.15) is 25.2 Å². The largest absolute Gasteiger partial charge is 0.356 e. The molecule has 0 saturated heterocycles. The van der Waals surface area contributed by atoms with Crippen molar-refractivity contribution in [3.63, 3.8) is 0 Å². The second-order valence-electron chi connectivity index (χ2n) is 2.51. The predicted octanol–water partition coefficient (Wildman–Crippen LogP) is 1.57. The van der Waals surface area contributed by atoms with E-state index in [1.165, 1.54) is 0 Å². The topological polar surface area (TPSA) is 34.9 Å². The Labute approximate surface area is 85.3 Å². The van der Waals surface area contributed by atoms with Crippen molar-refractivity contribution in [2.45, 2.75) is 26.7 Å². The molecule has 0 aromatic carbocycles. The maximum atomic E-state index is 11.2. The molecule has 4 heteroatoms. The molecule has 0 amide bonds. The van der Waals surface area contributed by atoms with Gasteiger partial charge in [-0.3, -0.25) is 0 Å². The second-order valence-corrected chi connectivity index (χ2v) is 3.47. The van der Waals surface area contributed by atoms with E-state index in [9.17, 15) is 4.79 Å².